The fourth-order valence-corrected chi connectivity index (χ4v) is 4.06. The molecule has 4 rings (SSSR count). The summed E-state index contributed by atoms with van der Waals surface area (Å²) in [6.07, 6.45) is -0.0814. The minimum absolute atomic E-state index is 0.0814. The number of hydrogen-bond acceptors (Lipinski definition) is 4. The molecule has 1 spiro atoms. The smallest absolute Gasteiger partial charge is 0.262 e. The minimum atomic E-state index is -1.36. The highest BCUT2D eigenvalue weighted by Crippen LogP contribution is 2.55. The van der Waals surface area contributed by atoms with Gasteiger partial charge in [-0.25, -0.2) is 5.01 Å². The average Bonchev–Trinajstić information content (AvgIpc) is 3.07. The van der Waals surface area contributed by atoms with E-state index < -0.39 is 23.4 Å². The van der Waals surface area contributed by atoms with Gasteiger partial charge in [0.2, 0.25) is 11.8 Å². The third-order valence-electron chi connectivity index (χ3n) is 5.58. The van der Waals surface area contributed by atoms with E-state index in [0.717, 1.165) is 10.5 Å². The van der Waals surface area contributed by atoms with Crippen molar-refractivity contribution in [2.24, 2.45) is 5.41 Å². The van der Waals surface area contributed by atoms with E-state index in [2.05, 4.69) is 13.8 Å². The van der Waals surface area contributed by atoms with Crippen molar-refractivity contribution in [1.29, 1.82) is 0 Å². The second kappa shape index (κ2) is 4.62. The van der Waals surface area contributed by atoms with Gasteiger partial charge in [-0.15, -0.1) is 0 Å². The Morgan fingerprint density at radius 1 is 1.16 bits per heavy atom. The van der Waals surface area contributed by atoms with Crippen LogP contribution in [-0.4, -0.2) is 41.2 Å². The molecule has 2 saturated heterocycles. The summed E-state index contributed by atoms with van der Waals surface area (Å²) >= 11 is 0. The molecule has 3 heterocycles. The van der Waals surface area contributed by atoms with Gasteiger partial charge in [-0.3, -0.25) is 24.3 Å². The molecule has 2 unspecified atom stereocenters. The number of nitrogens with zero attached hydrogens (tertiary/aromatic N) is 3. The number of hydrogen-bond donors (Lipinski definition) is 0. The predicted octanol–water partition coefficient (Wildman–Crippen LogP) is 2.00. The topological polar surface area (TPSA) is 60.9 Å². The van der Waals surface area contributed by atoms with E-state index in [1.807, 2.05) is 18.2 Å². The number of fused-ring (bicyclic) bond motifs is 5. The van der Waals surface area contributed by atoms with Crippen LogP contribution in [-0.2, 0) is 19.9 Å². The Bertz CT molecular complexity index is 866. The molecule has 1 aromatic rings. The zero-order valence-corrected chi connectivity index (χ0v) is 15.2. The normalized spacial score (nSPS) is 30.6. The van der Waals surface area contributed by atoms with Gasteiger partial charge in [-0.1, -0.05) is 26.0 Å². The number of benzene rings is 1. The van der Waals surface area contributed by atoms with Crippen LogP contribution < -0.4 is 5.01 Å². The molecule has 3 amide bonds. The van der Waals surface area contributed by atoms with E-state index in [0.29, 0.717) is 11.3 Å². The van der Waals surface area contributed by atoms with Crippen LogP contribution in [0.1, 0.15) is 52.5 Å². The van der Waals surface area contributed by atoms with Gasteiger partial charge in [0.05, 0.1) is 25.4 Å². The molecule has 0 radical (unpaired) electrons. The lowest BCUT2D eigenvalue weighted by Gasteiger charge is -2.33. The maximum atomic E-state index is 13.2. The molecule has 3 aliphatic rings. The molecule has 0 bridgehead atoms. The van der Waals surface area contributed by atoms with Gasteiger partial charge in [0.25, 0.3) is 5.91 Å². The van der Waals surface area contributed by atoms with Crippen molar-refractivity contribution >= 4 is 23.4 Å². The van der Waals surface area contributed by atoms with Crippen molar-refractivity contribution in [3.63, 3.8) is 0 Å². The molecule has 1 aromatic carbocycles. The summed E-state index contributed by atoms with van der Waals surface area (Å²) in [5.41, 5.74) is 0.0353. The van der Waals surface area contributed by atoms with Gasteiger partial charge in [0.1, 0.15) is 0 Å². The van der Waals surface area contributed by atoms with E-state index >= 15 is 0 Å². The lowest BCUT2D eigenvalue weighted by atomic mass is 9.83. The molecule has 6 heteroatoms. The van der Waals surface area contributed by atoms with Crippen molar-refractivity contribution in [2.45, 2.75) is 45.6 Å². The minimum Gasteiger partial charge on any atom is -0.283 e. The molecule has 2 atom stereocenters. The van der Waals surface area contributed by atoms with Crippen molar-refractivity contribution in [2.75, 3.05) is 18.6 Å². The van der Waals surface area contributed by atoms with Crippen molar-refractivity contribution in [3.05, 3.63) is 29.3 Å². The summed E-state index contributed by atoms with van der Waals surface area (Å²) in [5, 5.41) is 3.00. The first kappa shape index (κ1) is 14.9. The molecular formula is C19H23N3O3. The third kappa shape index (κ3) is 1.77. The predicted molar refractivity (Wildman–Crippen MR) is 92.6 cm³/mol. The molecule has 6 nitrogen and oxygen atoms in total. The Kier molecular flexibility index (Phi) is 2.76. The summed E-state index contributed by atoms with van der Waals surface area (Å²) < 4.78 is 8.63. The Morgan fingerprint density at radius 2 is 1.84 bits per heavy atom. The van der Waals surface area contributed by atoms with Gasteiger partial charge in [0.15, 0.2) is 5.54 Å². The zero-order chi connectivity index (χ0) is 19.2. The molecule has 0 aliphatic carbocycles. The quantitative estimate of drug-likeness (QED) is 0.733. The van der Waals surface area contributed by atoms with Crippen LogP contribution in [0.2, 0.25) is 0 Å². The van der Waals surface area contributed by atoms with E-state index in [1.165, 1.54) is 12.1 Å². The molecule has 0 N–H and O–H groups in total. The van der Waals surface area contributed by atoms with Gasteiger partial charge >= 0.3 is 0 Å². The third-order valence-corrected chi connectivity index (χ3v) is 5.58. The summed E-state index contributed by atoms with van der Waals surface area (Å²) in [6, 6.07) is 5.77. The standard InChI is InChI=1S/C19H23N3O3/c1-11(2)12-6-7-14-13(8-12)19(9-15(23)20(5)17(19)25)22-16(24)18(3,4)10-21(14)22/h6-8,11H,9-10H2,1-5H3/i10D. The maximum Gasteiger partial charge on any atom is 0.262 e. The molecule has 0 saturated carbocycles. The zero-order valence-electron chi connectivity index (χ0n) is 16.2. The maximum absolute atomic E-state index is 13.2. The number of anilines is 1. The molecule has 132 valence electrons. The largest absolute Gasteiger partial charge is 0.283 e. The van der Waals surface area contributed by atoms with Gasteiger partial charge < -0.3 is 0 Å². The Morgan fingerprint density at radius 3 is 2.40 bits per heavy atom. The van der Waals surface area contributed by atoms with E-state index in [-0.39, 0.29) is 24.2 Å². The number of likely N-dealkylation sites (tertiary alicyclic amines) is 1. The van der Waals surface area contributed by atoms with Crippen LogP contribution in [0.4, 0.5) is 5.69 Å². The number of carbonyl (C=O) groups excluding carboxylic acids is 3. The first-order chi connectivity index (χ1) is 12.0. The van der Waals surface area contributed by atoms with Crippen LogP contribution in [0.15, 0.2) is 18.2 Å². The van der Waals surface area contributed by atoms with Crippen LogP contribution in [0.25, 0.3) is 0 Å². The second-order valence-electron chi connectivity index (χ2n) is 8.04. The highest BCUT2D eigenvalue weighted by atomic mass is 16.2. The van der Waals surface area contributed by atoms with Crippen LogP contribution in [0.5, 0.6) is 0 Å². The molecule has 0 aromatic heterocycles. The van der Waals surface area contributed by atoms with Crippen LogP contribution >= 0.6 is 0 Å². The van der Waals surface area contributed by atoms with Crippen molar-refractivity contribution in [1.82, 2.24) is 9.91 Å². The van der Waals surface area contributed by atoms with E-state index in [4.69, 9.17) is 1.37 Å². The summed E-state index contributed by atoms with van der Waals surface area (Å²) in [4.78, 5) is 39.9. The first-order valence-corrected chi connectivity index (χ1v) is 8.56. The Labute approximate surface area is 148 Å². The SMILES string of the molecule is [2H]C1N2c3ccc(C(C)C)cc3C3(CC(=O)N(C)C3=O)N2C(=O)C1(C)C. The van der Waals surface area contributed by atoms with E-state index in [9.17, 15) is 14.4 Å². The number of amides is 3. The fraction of sp³-hybridized carbons (Fsp3) is 0.526. The molecular weight excluding hydrogens is 318 g/mol. The fourth-order valence-electron chi connectivity index (χ4n) is 4.06. The molecule has 25 heavy (non-hydrogen) atoms. The lowest BCUT2D eigenvalue weighted by Crippen LogP contribution is -2.53. The van der Waals surface area contributed by atoms with Crippen molar-refractivity contribution < 1.29 is 15.8 Å². The molecule has 2 fully saturated rings. The van der Waals surface area contributed by atoms with E-state index in [1.54, 1.807) is 18.9 Å². The average molecular weight is 342 g/mol. The highest BCUT2D eigenvalue weighted by Gasteiger charge is 2.67. The number of rotatable bonds is 1. The Hall–Kier alpha value is -2.37. The number of hydrazine groups is 1. The number of imide groups is 1. The monoisotopic (exact) mass is 342 g/mol. The van der Waals surface area contributed by atoms with Crippen molar-refractivity contribution in [3.8, 4) is 0 Å². The van der Waals surface area contributed by atoms with Gasteiger partial charge in [-0.05, 0) is 31.4 Å². The summed E-state index contributed by atoms with van der Waals surface area (Å²) in [7, 11) is 1.46. The highest BCUT2D eigenvalue weighted by molar-refractivity contribution is 6.12. The van der Waals surface area contributed by atoms with Crippen LogP contribution in [0, 0.1) is 5.41 Å². The second-order valence-corrected chi connectivity index (χ2v) is 8.04. The Balaban J connectivity index is 2.02. The van der Waals surface area contributed by atoms with Gasteiger partial charge in [0, 0.05) is 12.6 Å². The lowest BCUT2D eigenvalue weighted by molar-refractivity contribution is -0.149. The van der Waals surface area contributed by atoms with Gasteiger partial charge in [-0.2, -0.15) is 0 Å². The first-order valence-electron chi connectivity index (χ1n) is 9.14. The molecule has 3 aliphatic heterocycles. The number of carbonyl (C=O) groups is 3. The summed E-state index contributed by atoms with van der Waals surface area (Å²) in [6.45, 7) is 6.69. The van der Waals surface area contributed by atoms with Crippen LogP contribution in [0.3, 0.4) is 0 Å². The number of likely N-dealkylation sites (N-methyl/N-ethyl adjacent to an activating group) is 1. The summed E-state index contributed by atoms with van der Waals surface area (Å²) in [5.74, 6) is -0.759.